The minimum absolute atomic E-state index is 0.132. The van der Waals surface area contributed by atoms with Crippen molar-refractivity contribution in [2.75, 3.05) is 74.0 Å². The molecular weight excluding hydrogens is 837 g/mol. The predicted octanol–water partition coefficient (Wildman–Crippen LogP) is 6.57. The largest absolute Gasteiger partial charge is 0.444 e. The second-order valence-corrected chi connectivity index (χ2v) is 19.8. The molecule has 0 saturated carbocycles. The van der Waals surface area contributed by atoms with E-state index in [1.54, 1.807) is 11.1 Å². The number of piperidine rings is 4. The zero-order chi connectivity index (χ0) is 46.4. The highest BCUT2D eigenvalue weighted by Gasteiger charge is 2.40. The topological polar surface area (TPSA) is 187 Å². The van der Waals surface area contributed by atoms with Crippen LogP contribution in [0.2, 0.25) is 0 Å². The van der Waals surface area contributed by atoms with E-state index < -0.39 is 23.5 Å². The van der Waals surface area contributed by atoms with Crippen molar-refractivity contribution in [3.05, 3.63) is 71.0 Å². The summed E-state index contributed by atoms with van der Waals surface area (Å²) in [5, 5.41) is 5.74. The van der Waals surface area contributed by atoms with Crippen molar-refractivity contribution in [2.45, 2.75) is 122 Å². The molecule has 2 aromatic carbocycles. The fourth-order valence-electron chi connectivity index (χ4n) is 10.3. The maximum absolute atomic E-state index is 13.8. The van der Waals surface area contributed by atoms with Gasteiger partial charge in [-0.1, -0.05) is 18.2 Å². The Morgan fingerprint density at radius 3 is 2.33 bits per heavy atom. The van der Waals surface area contributed by atoms with Gasteiger partial charge >= 0.3 is 6.09 Å². The number of primary amides is 1. The molecule has 5 aliphatic rings. The van der Waals surface area contributed by atoms with Crippen LogP contribution in [0.3, 0.4) is 0 Å². The van der Waals surface area contributed by atoms with Crippen LogP contribution in [0.1, 0.15) is 136 Å². The number of hydrogen-bond donors (Lipinski definition) is 3. The zero-order valence-electron chi connectivity index (χ0n) is 39.1. The Morgan fingerprint density at radius 2 is 1.64 bits per heavy atom. The van der Waals surface area contributed by atoms with Gasteiger partial charge in [-0.15, -0.1) is 0 Å². The van der Waals surface area contributed by atoms with Crippen LogP contribution in [-0.2, 0) is 20.9 Å². The summed E-state index contributed by atoms with van der Waals surface area (Å²) in [6, 6.07) is 13.7. The van der Waals surface area contributed by atoms with E-state index in [1.165, 1.54) is 12.0 Å². The molecule has 0 radical (unpaired) electrons. The average Bonchev–Trinajstić information content (AvgIpc) is 3.64. The Morgan fingerprint density at radius 1 is 0.894 bits per heavy atom. The normalized spacial score (nSPS) is 20.0. The molecule has 16 heteroatoms. The standard InChI is InChI=1S/C50H68N10O6/c1-50(2,3)66-49(65)59-30-19-34(20-31-59)18-29-57(40-11-9-10-38-39(40)33-60(48(38)64)41-16-17-43(61)55-47(41)63)24-8-7-23-56-27-21-36(22-28-56)35-12-14-37(15-13-35)53-46-44(45(51)62)52-32-42(54-46)58-25-5-4-6-26-58/h9-15,32,34,36,41H,4-8,16-31,33H2,1-3H3,(H2,51,62)(H,53,54)(H,55,61,63). The van der Waals surface area contributed by atoms with E-state index in [0.29, 0.717) is 49.3 Å². The lowest BCUT2D eigenvalue weighted by molar-refractivity contribution is -0.136. The number of carbonyl (C=O) groups excluding carboxylic acids is 5. The zero-order valence-corrected chi connectivity index (χ0v) is 39.1. The van der Waals surface area contributed by atoms with Crippen molar-refractivity contribution in [3.8, 4) is 0 Å². The molecule has 6 heterocycles. The molecule has 1 unspecified atom stereocenters. The van der Waals surface area contributed by atoms with Gasteiger partial charge < -0.3 is 40.3 Å². The van der Waals surface area contributed by atoms with Crippen LogP contribution in [0.15, 0.2) is 48.7 Å². The van der Waals surface area contributed by atoms with Crippen LogP contribution >= 0.6 is 0 Å². The lowest BCUT2D eigenvalue weighted by atomic mass is 9.89. The summed E-state index contributed by atoms with van der Waals surface area (Å²) in [5.41, 5.74) is 10.0. The number of nitrogens with one attached hydrogen (secondary N) is 2. The van der Waals surface area contributed by atoms with Crippen molar-refractivity contribution < 1.29 is 28.7 Å². The number of benzene rings is 2. The summed E-state index contributed by atoms with van der Waals surface area (Å²) in [5.74, 6) is 0.595. The summed E-state index contributed by atoms with van der Waals surface area (Å²) in [4.78, 5) is 83.4. The Labute approximate surface area is 389 Å². The van der Waals surface area contributed by atoms with E-state index in [4.69, 9.17) is 15.5 Å². The molecule has 5 aliphatic heterocycles. The number of imide groups is 1. The minimum Gasteiger partial charge on any atom is -0.444 e. The Balaban J connectivity index is 0.852. The summed E-state index contributed by atoms with van der Waals surface area (Å²) in [6.07, 6.45) is 12.4. The molecule has 8 rings (SSSR count). The molecule has 4 N–H and O–H groups in total. The van der Waals surface area contributed by atoms with Crippen molar-refractivity contribution in [1.29, 1.82) is 0 Å². The van der Waals surface area contributed by atoms with E-state index in [2.05, 4.69) is 48.5 Å². The molecule has 0 bridgehead atoms. The monoisotopic (exact) mass is 905 g/mol. The van der Waals surface area contributed by atoms with Crippen molar-refractivity contribution in [2.24, 2.45) is 11.7 Å². The molecule has 0 spiro atoms. The maximum Gasteiger partial charge on any atom is 0.410 e. The number of amides is 5. The number of rotatable bonds is 15. The molecule has 3 aromatic rings. The first kappa shape index (κ1) is 46.7. The molecule has 4 fully saturated rings. The number of hydrogen-bond acceptors (Lipinski definition) is 12. The first-order chi connectivity index (χ1) is 31.8. The number of carbonyl (C=O) groups is 5. The fourth-order valence-corrected chi connectivity index (χ4v) is 10.3. The van der Waals surface area contributed by atoms with Gasteiger partial charge in [-0.2, -0.15) is 0 Å². The van der Waals surface area contributed by atoms with E-state index >= 15 is 0 Å². The van der Waals surface area contributed by atoms with Crippen LogP contribution in [0, 0.1) is 5.92 Å². The van der Waals surface area contributed by atoms with Crippen LogP contribution in [-0.4, -0.2) is 125 Å². The third kappa shape index (κ3) is 11.4. The number of anilines is 4. The van der Waals surface area contributed by atoms with Gasteiger partial charge in [-0.05, 0) is 153 Å². The second kappa shape index (κ2) is 20.8. The molecular formula is C50H68N10O6. The highest BCUT2D eigenvalue weighted by molar-refractivity contribution is 6.06. The van der Waals surface area contributed by atoms with Crippen molar-refractivity contribution in [1.82, 2.24) is 30.0 Å². The second-order valence-electron chi connectivity index (χ2n) is 19.8. The molecule has 354 valence electrons. The van der Waals surface area contributed by atoms with Crippen LogP contribution in [0.4, 0.5) is 27.8 Å². The van der Waals surface area contributed by atoms with Gasteiger partial charge in [0, 0.05) is 74.7 Å². The number of ether oxygens (including phenoxy) is 1. The maximum atomic E-state index is 13.8. The lowest BCUT2D eigenvalue weighted by Crippen LogP contribution is -2.52. The van der Waals surface area contributed by atoms with Crippen molar-refractivity contribution in [3.63, 3.8) is 0 Å². The van der Waals surface area contributed by atoms with Gasteiger partial charge in [0.15, 0.2) is 11.5 Å². The summed E-state index contributed by atoms with van der Waals surface area (Å²) >= 11 is 0. The Bertz CT molecular complexity index is 2220. The van der Waals surface area contributed by atoms with Gasteiger partial charge in [-0.25, -0.2) is 14.8 Å². The van der Waals surface area contributed by atoms with Crippen LogP contribution in [0.25, 0.3) is 0 Å². The third-order valence-electron chi connectivity index (χ3n) is 14.0. The highest BCUT2D eigenvalue weighted by Crippen LogP contribution is 2.36. The molecule has 0 aliphatic carbocycles. The molecule has 66 heavy (non-hydrogen) atoms. The first-order valence-corrected chi connectivity index (χ1v) is 24.3. The fraction of sp³-hybridized carbons (Fsp3) is 0.580. The minimum atomic E-state index is -0.662. The molecule has 5 amide bonds. The summed E-state index contributed by atoms with van der Waals surface area (Å²) in [6.45, 7) is 14.0. The number of nitrogens with two attached hydrogens (primary N) is 1. The smallest absolute Gasteiger partial charge is 0.410 e. The number of likely N-dealkylation sites (tertiary alicyclic amines) is 2. The van der Waals surface area contributed by atoms with Gasteiger partial charge in [0.2, 0.25) is 11.8 Å². The molecule has 1 aromatic heterocycles. The van der Waals surface area contributed by atoms with Gasteiger partial charge in [0.25, 0.3) is 11.8 Å². The first-order valence-electron chi connectivity index (χ1n) is 24.3. The Kier molecular flexibility index (Phi) is 14.7. The number of fused-ring (bicyclic) bond motifs is 1. The van der Waals surface area contributed by atoms with E-state index in [9.17, 15) is 24.0 Å². The van der Waals surface area contributed by atoms with Gasteiger partial charge in [-0.3, -0.25) is 24.5 Å². The number of unbranched alkanes of at least 4 members (excludes halogenated alkanes) is 1. The lowest BCUT2D eigenvalue weighted by Gasteiger charge is -2.35. The van der Waals surface area contributed by atoms with Crippen LogP contribution in [0.5, 0.6) is 0 Å². The summed E-state index contributed by atoms with van der Waals surface area (Å²) in [7, 11) is 0. The molecule has 4 saturated heterocycles. The average molecular weight is 905 g/mol. The predicted molar refractivity (Wildman–Crippen MR) is 254 cm³/mol. The quantitative estimate of drug-likeness (QED) is 0.110. The van der Waals surface area contributed by atoms with Crippen molar-refractivity contribution >= 4 is 52.7 Å². The van der Waals surface area contributed by atoms with Gasteiger partial charge in [0.1, 0.15) is 17.5 Å². The van der Waals surface area contributed by atoms with E-state index in [1.807, 2.05) is 49.9 Å². The summed E-state index contributed by atoms with van der Waals surface area (Å²) < 4.78 is 5.64. The SMILES string of the molecule is CC(C)(C)OC(=O)N1CCC(CCN(CCCCN2CCC(c3ccc(Nc4nc(N5CCCCC5)cnc4C(N)=O)cc3)CC2)c2cccc3c2CN(C2CCC(=O)NC2=O)C3=O)CC1. The highest BCUT2D eigenvalue weighted by atomic mass is 16.6. The van der Waals surface area contributed by atoms with Gasteiger partial charge in [0.05, 0.1) is 6.20 Å². The Hall–Kier alpha value is -5.77. The van der Waals surface area contributed by atoms with Crippen LogP contribution < -0.4 is 26.2 Å². The number of nitrogens with zero attached hydrogens (tertiary/aromatic N) is 7. The number of aromatic nitrogens is 2. The molecule has 1 atom stereocenters. The third-order valence-corrected chi connectivity index (χ3v) is 14.0. The van der Waals surface area contributed by atoms with E-state index in [-0.39, 0.29) is 30.0 Å². The molecule has 16 nitrogen and oxygen atoms in total. The van der Waals surface area contributed by atoms with E-state index in [0.717, 1.165) is 126 Å².